The number of H-pyrrole nitrogens is 1. The lowest BCUT2D eigenvalue weighted by atomic mass is 10.1. The van der Waals surface area contributed by atoms with Gasteiger partial charge in [-0.05, 0) is 36.4 Å². The highest BCUT2D eigenvalue weighted by Gasteiger charge is 2.06. The first-order valence-corrected chi connectivity index (χ1v) is 8.37. The Labute approximate surface area is 159 Å². The fourth-order valence-corrected chi connectivity index (χ4v) is 2.38. The molecule has 0 fully saturated rings. The number of aromatic nitrogens is 2. The number of hydrazone groups is 1. The molecule has 0 saturated carbocycles. The first kappa shape index (κ1) is 18.0. The number of hydrogen-bond acceptors (Lipinski definition) is 4. The Morgan fingerprint density at radius 3 is 2.46 bits per heavy atom. The van der Waals surface area contributed by atoms with Crippen LogP contribution in [0.4, 0.5) is 0 Å². The van der Waals surface area contributed by atoms with E-state index < -0.39 is 0 Å². The summed E-state index contributed by atoms with van der Waals surface area (Å²) in [6.45, 7) is -0.158. The maximum absolute atomic E-state index is 11.8. The highest BCUT2D eigenvalue weighted by atomic mass is 35.5. The van der Waals surface area contributed by atoms with Crippen LogP contribution in [0.25, 0.3) is 11.3 Å². The number of nitrogens with zero attached hydrogens (tertiary/aromatic N) is 2. The third-order valence-corrected chi connectivity index (χ3v) is 3.88. The van der Waals surface area contributed by atoms with Crippen molar-refractivity contribution >= 4 is 35.3 Å². The molecule has 0 aliphatic heterocycles. The van der Waals surface area contributed by atoms with E-state index in [9.17, 15) is 4.79 Å². The van der Waals surface area contributed by atoms with E-state index in [2.05, 4.69) is 20.7 Å². The summed E-state index contributed by atoms with van der Waals surface area (Å²) < 4.78 is 5.34. The number of halogens is 2. The Morgan fingerprint density at radius 2 is 1.77 bits per heavy atom. The monoisotopic (exact) mass is 388 g/mol. The van der Waals surface area contributed by atoms with E-state index in [1.54, 1.807) is 42.6 Å². The molecule has 26 heavy (non-hydrogen) atoms. The van der Waals surface area contributed by atoms with Gasteiger partial charge in [0.15, 0.2) is 6.61 Å². The summed E-state index contributed by atoms with van der Waals surface area (Å²) in [6.07, 6.45) is 3.12. The molecule has 0 aliphatic carbocycles. The van der Waals surface area contributed by atoms with E-state index in [-0.39, 0.29) is 12.5 Å². The Balaban J connectivity index is 1.55. The van der Waals surface area contributed by atoms with Crippen molar-refractivity contribution in [3.05, 3.63) is 70.3 Å². The first-order chi connectivity index (χ1) is 12.6. The number of rotatable bonds is 6. The lowest BCUT2D eigenvalue weighted by Crippen LogP contribution is -2.24. The second kappa shape index (κ2) is 8.51. The van der Waals surface area contributed by atoms with Crippen LogP contribution in [0.1, 0.15) is 5.56 Å². The van der Waals surface area contributed by atoms with E-state index in [4.69, 9.17) is 27.9 Å². The third kappa shape index (κ3) is 4.84. The molecule has 0 unspecified atom stereocenters. The molecule has 0 radical (unpaired) electrons. The molecule has 0 saturated heterocycles. The summed E-state index contributed by atoms with van der Waals surface area (Å²) in [4.78, 5) is 11.8. The average molecular weight is 389 g/mol. The molecule has 132 valence electrons. The van der Waals surface area contributed by atoms with Crippen molar-refractivity contribution in [3.63, 3.8) is 0 Å². The van der Waals surface area contributed by atoms with Crippen molar-refractivity contribution in [1.82, 2.24) is 15.6 Å². The fourth-order valence-electron chi connectivity index (χ4n) is 2.13. The van der Waals surface area contributed by atoms with Crippen molar-refractivity contribution in [1.29, 1.82) is 0 Å². The average Bonchev–Trinajstić information content (AvgIpc) is 3.10. The Hall–Kier alpha value is -2.83. The van der Waals surface area contributed by atoms with Crippen LogP contribution in [0.2, 0.25) is 10.0 Å². The molecule has 2 N–H and O–H groups in total. The number of ether oxygens (including phenoxy) is 1. The maximum Gasteiger partial charge on any atom is 0.277 e. The molecule has 6 nitrogen and oxygen atoms in total. The van der Waals surface area contributed by atoms with Gasteiger partial charge >= 0.3 is 0 Å². The zero-order chi connectivity index (χ0) is 18.4. The topological polar surface area (TPSA) is 79.4 Å². The van der Waals surface area contributed by atoms with Crippen LogP contribution in [0, 0.1) is 0 Å². The van der Waals surface area contributed by atoms with E-state index in [1.165, 1.54) is 6.21 Å². The van der Waals surface area contributed by atoms with Gasteiger partial charge < -0.3 is 4.74 Å². The van der Waals surface area contributed by atoms with Crippen molar-refractivity contribution in [2.45, 2.75) is 0 Å². The van der Waals surface area contributed by atoms with Crippen LogP contribution in [0.15, 0.2) is 59.8 Å². The van der Waals surface area contributed by atoms with Gasteiger partial charge in [-0.2, -0.15) is 10.2 Å². The van der Waals surface area contributed by atoms with Crippen LogP contribution in [0.3, 0.4) is 0 Å². The summed E-state index contributed by atoms with van der Waals surface area (Å²) in [5.41, 5.74) is 4.82. The first-order valence-electron chi connectivity index (χ1n) is 7.61. The Morgan fingerprint density at radius 1 is 1.12 bits per heavy atom. The van der Waals surface area contributed by atoms with Crippen LogP contribution < -0.4 is 10.2 Å². The number of nitrogens with one attached hydrogen (secondary N) is 2. The van der Waals surface area contributed by atoms with Gasteiger partial charge in [0.1, 0.15) is 5.75 Å². The smallest absolute Gasteiger partial charge is 0.277 e. The lowest BCUT2D eigenvalue weighted by molar-refractivity contribution is -0.123. The van der Waals surface area contributed by atoms with Gasteiger partial charge in [-0.25, -0.2) is 5.43 Å². The third-order valence-electron chi connectivity index (χ3n) is 3.38. The zero-order valence-electron chi connectivity index (χ0n) is 13.4. The predicted octanol–water partition coefficient (Wildman–Crippen LogP) is 3.91. The molecule has 0 spiro atoms. The number of hydrogen-bond donors (Lipinski definition) is 2. The number of benzene rings is 2. The lowest BCUT2D eigenvalue weighted by Gasteiger charge is -2.04. The Bertz CT molecular complexity index is 906. The standard InChI is InChI=1S/C18H14Cl2N4O2/c19-14-3-1-12(2-4-14)18-13(10-22-24-18)9-21-23-17(25)11-26-16-7-5-15(20)6-8-16/h1-10H,11H2,(H,22,24)(H,23,25)/b21-9+. The molecule has 1 amide bonds. The molecular weight excluding hydrogens is 375 g/mol. The van der Waals surface area contributed by atoms with E-state index in [0.29, 0.717) is 15.8 Å². The van der Waals surface area contributed by atoms with Gasteiger partial charge in [-0.1, -0.05) is 35.3 Å². The van der Waals surface area contributed by atoms with Gasteiger partial charge in [0.05, 0.1) is 18.1 Å². The quantitative estimate of drug-likeness (QED) is 0.496. The van der Waals surface area contributed by atoms with Crippen LogP contribution in [-0.4, -0.2) is 28.9 Å². The summed E-state index contributed by atoms with van der Waals surface area (Å²) in [7, 11) is 0. The SMILES string of the molecule is O=C(COc1ccc(Cl)cc1)N/N=C/c1cn[nH]c1-c1ccc(Cl)cc1. The van der Waals surface area contributed by atoms with Crippen molar-refractivity contribution in [3.8, 4) is 17.0 Å². The summed E-state index contributed by atoms with van der Waals surface area (Å²) >= 11 is 11.7. The molecule has 2 aromatic carbocycles. The van der Waals surface area contributed by atoms with Gasteiger partial charge in [-0.15, -0.1) is 0 Å². The van der Waals surface area contributed by atoms with E-state index >= 15 is 0 Å². The normalized spacial score (nSPS) is 10.8. The summed E-state index contributed by atoms with van der Waals surface area (Å²) in [5.74, 6) is 0.168. The molecule has 1 heterocycles. The number of carbonyl (C=O) groups is 1. The van der Waals surface area contributed by atoms with E-state index in [0.717, 1.165) is 16.8 Å². The van der Waals surface area contributed by atoms with Crippen LogP contribution >= 0.6 is 23.2 Å². The molecule has 0 bridgehead atoms. The Kier molecular flexibility index (Phi) is 5.88. The second-order valence-electron chi connectivity index (χ2n) is 5.24. The number of amides is 1. The van der Waals surface area contributed by atoms with Crippen molar-refractivity contribution in [2.75, 3.05) is 6.61 Å². The van der Waals surface area contributed by atoms with Gasteiger partial charge in [0, 0.05) is 21.2 Å². The largest absolute Gasteiger partial charge is 0.484 e. The van der Waals surface area contributed by atoms with Gasteiger partial charge in [0.25, 0.3) is 5.91 Å². The predicted molar refractivity (Wildman–Crippen MR) is 102 cm³/mol. The maximum atomic E-state index is 11.8. The van der Waals surface area contributed by atoms with Crippen LogP contribution in [-0.2, 0) is 4.79 Å². The van der Waals surface area contributed by atoms with Gasteiger partial charge in [-0.3, -0.25) is 9.89 Å². The minimum Gasteiger partial charge on any atom is -0.484 e. The fraction of sp³-hybridized carbons (Fsp3) is 0.0556. The summed E-state index contributed by atoms with van der Waals surface area (Å²) in [5, 5.41) is 12.1. The van der Waals surface area contributed by atoms with Gasteiger partial charge in [0.2, 0.25) is 0 Å². The summed E-state index contributed by atoms with van der Waals surface area (Å²) in [6, 6.07) is 14.0. The minimum absolute atomic E-state index is 0.158. The number of carbonyl (C=O) groups excluding carboxylic acids is 1. The highest BCUT2D eigenvalue weighted by molar-refractivity contribution is 6.30. The molecule has 3 rings (SSSR count). The molecule has 0 atom stereocenters. The molecule has 8 heteroatoms. The highest BCUT2D eigenvalue weighted by Crippen LogP contribution is 2.21. The van der Waals surface area contributed by atoms with E-state index in [1.807, 2.05) is 12.1 Å². The number of aromatic amines is 1. The molecule has 1 aromatic heterocycles. The second-order valence-corrected chi connectivity index (χ2v) is 6.12. The zero-order valence-corrected chi connectivity index (χ0v) is 15.0. The molecular formula is C18H14Cl2N4O2. The van der Waals surface area contributed by atoms with Crippen molar-refractivity contribution in [2.24, 2.45) is 5.10 Å². The van der Waals surface area contributed by atoms with Crippen molar-refractivity contribution < 1.29 is 9.53 Å². The molecule has 3 aromatic rings. The molecule has 0 aliphatic rings. The van der Waals surface area contributed by atoms with Crippen LogP contribution in [0.5, 0.6) is 5.75 Å². The minimum atomic E-state index is -0.382.